The van der Waals surface area contributed by atoms with Gasteiger partial charge in [0.25, 0.3) is 0 Å². The molecule has 0 aromatic heterocycles. The number of rotatable bonds is 6. The first-order valence-electron chi connectivity index (χ1n) is 5.49. The van der Waals surface area contributed by atoms with E-state index < -0.39 is 0 Å². The van der Waals surface area contributed by atoms with Crippen LogP contribution < -0.4 is 15.8 Å². The molecule has 0 saturated carbocycles. The molecule has 0 aliphatic rings. The number of hydrogen-bond donors (Lipinski definition) is 2. The molecule has 3 N–H and O–H groups in total. The summed E-state index contributed by atoms with van der Waals surface area (Å²) in [6.07, 6.45) is 1.16. The maximum Gasteiger partial charge on any atom is 0.224 e. The Balaban J connectivity index is 0.00000256. The van der Waals surface area contributed by atoms with Crippen LogP contribution in [-0.2, 0) is 4.79 Å². The van der Waals surface area contributed by atoms with Gasteiger partial charge in [0.2, 0.25) is 5.91 Å². The van der Waals surface area contributed by atoms with Crippen LogP contribution in [0.3, 0.4) is 0 Å². The van der Waals surface area contributed by atoms with E-state index in [9.17, 15) is 4.79 Å². The Morgan fingerprint density at radius 2 is 2.24 bits per heavy atom. The van der Waals surface area contributed by atoms with Crippen molar-refractivity contribution >= 4 is 24.0 Å². The number of nitrogens with one attached hydrogen (secondary N) is 1. The van der Waals surface area contributed by atoms with Crippen LogP contribution in [0.4, 0.5) is 5.69 Å². The van der Waals surface area contributed by atoms with Crippen LogP contribution in [0, 0.1) is 0 Å². The fourth-order valence-corrected chi connectivity index (χ4v) is 1.32. The lowest BCUT2D eigenvalue weighted by Crippen LogP contribution is -2.13. The van der Waals surface area contributed by atoms with Crippen LogP contribution in [-0.4, -0.2) is 19.1 Å². The van der Waals surface area contributed by atoms with Crippen molar-refractivity contribution in [2.45, 2.75) is 19.8 Å². The van der Waals surface area contributed by atoms with Crippen LogP contribution in [0.5, 0.6) is 5.75 Å². The zero-order valence-corrected chi connectivity index (χ0v) is 10.8. The second kappa shape index (κ2) is 8.84. The van der Waals surface area contributed by atoms with Gasteiger partial charge in [0.15, 0.2) is 0 Å². The fourth-order valence-electron chi connectivity index (χ4n) is 1.32. The fraction of sp³-hybridized carbons (Fsp3) is 0.417. The van der Waals surface area contributed by atoms with E-state index in [4.69, 9.17) is 10.5 Å². The smallest absolute Gasteiger partial charge is 0.224 e. The van der Waals surface area contributed by atoms with E-state index in [1.54, 1.807) is 0 Å². The maximum atomic E-state index is 11.4. The van der Waals surface area contributed by atoms with E-state index in [0.29, 0.717) is 26.0 Å². The third kappa shape index (κ3) is 6.14. The van der Waals surface area contributed by atoms with Crippen LogP contribution in [0.15, 0.2) is 24.3 Å². The molecule has 0 aliphatic carbocycles. The van der Waals surface area contributed by atoms with Gasteiger partial charge in [-0.3, -0.25) is 4.79 Å². The summed E-state index contributed by atoms with van der Waals surface area (Å²) in [7, 11) is 0. The molecule has 1 amide bonds. The van der Waals surface area contributed by atoms with Gasteiger partial charge in [-0.1, -0.05) is 6.07 Å². The highest BCUT2D eigenvalue weighted by Crippen LogP contribution is 2.17. The second-order valence-corrected chi connectivity index (χ2v) is 3.40. The van der Waals surface area contributed by atoms with Gasteiger partial charge in [0, 0.05) is 18.2 Å². The summed E-state index contributed by atoms with van der Waals surface area (Å²) in [5.41, 5.74) is 6.09. The van der Waals surface area contributed by atoms with Gasteiger partial charge in [-0.15, -0.1) is 12.4 Å². The predicted molar refractivity (Wildman–Crippen MR) is 71.8 cm³/mol. The standard InChI is InChI=1S/C12H18N2O2.ClH/c1-2-16-11-6-3-5-10(9-11)14-12(15)7-4-8-13;/h3,5-6,9H,2,4,7-8,13H2,1H3,(H,14,15);1H. The maximum absolute atomic E-state index is 11.4. The molecule has 0 bridgehead atoms. The van der Waals surface area contributed by atoms with E-state index in [1.165, 1.54) is 0 Å². The monoisotopic (exact) mass is 258 g/mol. The van der Waals surface area contributed by atoms with Crippen LogP contribution in [0.25, 0.3) is 0 Å². The van der Waals surface area contributed by atoms with Crippen LogP contribution in [0.1, 0.15) is 19.8 Å². The minimum Gasteiger partial charge on any atom is -0.494 e. The Bertz CT molecular complexity index is 345. The van der Waals surface area contributed by atoms with E-state index in [0.717, 1.165) is 11.4 Å². The molecule has 4 nitrogen and oxygen atoms in total. The van der Waals surface area contributed by atoms with Crippen molar-refractivity contribution in [1.29, 1.82) is 0 Å². The average molecular weight is 259 g/mol. The lowest BCUT2D eigenvalue weighted by Gasteiger charge is -2.07. The SMILES string of the molecule is CCOc1cccc(NC(=O)CCCN)c1.Cl. The first-order valence-corrected chi connectivity index (χ1v) is 5.49. The molecule has 0 saturated heterocycles. The van der Waals surface area contributed by atoms with Gasteiger partial charge in [0.1, 0.15) is 5.75 Å². The average Bonchev–Trinajstić information content (AvgIpc) is 2.27. The van der Waals surface area contributed by atoms with Gasteiger partial charge in [0.05, 0.1) is 6.61 Å². The van der Waals surface area contributed by atoms with Crippen LogP contribution >= 0.6 is 12.4 Å². The third-order valence-electron chi connectivity index (χ3n) is 2.04. The Hall–Kier alpha value is -1.26. The first-order chi connectivity index (χ1) is 7.76. The largest absolute Gasteiger partial charge is 0.494 e. The van der Waals surface area contributed by atoms with Gasteiger partial charge in [-0.2, -0.15) is 0 Å². The van der Waals surface area contributed by atoms with Crippen molar-refractivity contribution < 1.29 is 9.53 Å². The number of amides is 1. The number of benzene rings is 1. The molecule has 0 unspecified atom stereocenters. The first kappa shape index (κ1) is 15.7. The number of carbonyl (C=O) groups excluding carboxylic acids is 1. The molecule has 1 aromatic carbocycles. The van der Waals surface area contributed by atoms with Crippen molar-refractivity contribution in [2.24, 2.45) is 5.73 Å². The summed E-state index contributed by atoms with van der Waals surface area (Å²) < 4.78 is 5.34. The zero-order valence-electron chi connectivity index (χ0n) is 9.94. The quantitative estimate of drug-likeness (QED) is 0.822. The summed E-state index contributed by atoms with van der Waals surface area (Å²) in [6.45, 7) is 3.07. The number of carbonyl (C=O) groups is 1. The number of ether oxygens (including phenoxy) is 1. The van der Waals surface area contributed by atoms with E-state index in [2.05, 4.69) is 5.32 Å². The number of hydrogen-bond acceptors (Lipinski definition) is 3. The van der Waals surface area contributed by atoms with E-state index in [1.807, 2.05) is 31.2 Å². The molecule has 0 atom stereocenters. The molecule has 0 radical (unpaired) electrons. The van der Waals surface area contributed by atoms with Crippen molar-refractivity contribution in [3.8, 4) is 5.75 Å². The van der Waals surface area contributed by atoms with Crippen molar-refractivity contribution in [1.82, 2.24) is 0 Å². The molecule has 5 heteroatoms. The van der Waals surface area contributed by atoms with Crippen molar-refractivity contribution in [3.05, 3.63) is 24.3 Å². The van der Waals surface area contributed by atoms with Crippen molar-refractivity contribution in [3.63, 3.8) is 0 Å². The molecule has 17 heavy (non-hydrogen) atoms. The third-order valence-corrected chi connectivity index (χ3v) is 2.04. The molecule has 0 spiro atoms. The van der Waals surface area contributed by atoms with Gasteiger partial charge in [-0.25, -0.2) is 0 Å². The second-order valence-electron chi connectivity index (χ2n) is 3.40. The normalized spacial score (nSPS) is 9.29. The van der Waals surface area contributed by atoms with Gasteiger partial charge in [-0.05, 0) is 32.0 Å². The molecule has 0 fully saturated rings. The van der Waals surface area contributed by atoms with Crippen LogP contribution in [0.2, 0.25) is 0 Å². The molecular weight excluding hydrogens is 240 g/mol. The number of halogens is 1. The van der Waals surface area contributed by atoms with Crippen molar-refractivity contribution in [2.75, 3.05) is 18.5 Å². The minimum absolute atomic E-state index is 0. The molecule has 96 valence electrons. The lowest BCUT2D eigenvalue weighted by atomic mass is 10.2. The lowest BCUT2D eigenvalue weighted by molar-refractivity contribution is -0.116. The Kier molecular flexibility index (Phi) is 8.19. The summed E-state index contributed by atoms with van der Waals surface area (Å²) in [6, 6.07) is 7.36. The summed E-state index contributed by atoms with van der Waals surface area (Å²) in [5.74, 6) is 0.748. The highest BCUT2D eigenvalue weighted by molar-refractivity contribution is 5.90. The molecule has 0 heterocycles. The highest BCUT2D eigenvalue weighted by atomic mass is 35.5. The van der Waals surface area contributed by atoms with Gasteiger partial charge >= 0.3 is 0 Å². The molecule has 1 aromatic rings. The van der Waals surface area contributed by atoms with E-state index >= 15 is 0 Å². The Labute approximate surface area is 108 Å². The van der Waals surface area contributed by atoms with Gasteiger partial charge < -0.3 is 15.8 Å². The molecule has 1 rings (SSSR count). The minimum atomic E-state index is -0.0147. The predicted octanol–water partition coefficient (Wildman–Crippen LogP) is 2.18. The molecular formula is C12H19ClN2O2. The zero-order chi connectivity index (χ0) is 11.8. The summed E-state index contributed by atoms with van der Waals surface area (Å²) in [5, 5.41) is 2.80. The number of anilines is 1. The number of nitrogens with two attached hydrogens (primary N) is 1. The molecule has 0 aliphatic heterocycles. The summed E-state index contributed by atoms with van der Waals surface area (Å²) in [4.78, 5) is 11.4. The van der Waals surface area contributed by atoms with E-state index in [-0.39, 0.29) is 18.3 Å². The highest BCUT2D eigenvalue weighted by Gasteiger charge is 2.02. The topological polar surface area (TPSA) is 64.3 Å². The summed E-state index contributed by atoms with van der Waals surface area (Å²) >= 11 is 0. The Morgan fingerprint density at radius 3 is 2.88 bits per heavy atom. The Morgan fingerprint density at radius 1 is 1.47 bits per heavy atom.